The second kappa shape index (κ2) is 5.51. The Balaban J connectivity index is 2.03. The van der Waals surface area contributed by atoms with Crippen molar-refractivity contribution < 1.29 is 28.0 Å². The molecule has 20 heavy (non-hydrogen) atoms. The first-order chi connectivity index (χ1) is 9.33. The molecular formula is C10H9BF3N3O3. The fourth-order valence-electron chi connectivity index (χ4n) is 1.47. The van der Waals surface area contributed by atoms with Crippen molar-refractivity contribution in [2.75, 3.05) is 0 Å². The van der Waals surface area contributed by atoms with Gasteiger partial charge in [-0.1, -0.05) is 12.1 Å². The van der Waals surface area contributed by atoms with Gasteiger partial charge in [0, 0.05) is 0 Å². The molecule has 0 aliphatic carbocycles. The first-order valence-corrected chi connectivity index (χ1v) is 5.44. The number of hydrogen-bond donors (Lipinski definition) is 2. The highest BCUT2D eigenvalue weighted by molar-refractivity contribution is 6.57. The number of ether oxygens (including phenoxy) is 1. The minimum Gasteiger partial charge on any atom is -0.422 e. The van der Waals surface area contributed by atoms with Gasteiger partial charge in [-0.15, -0.1) is 13.2 Å². The van der Waals surface area contributed by atoms with Crippen LogP contribution < -0.4 is 10.3 Å². The molecule has 1 heterocycles. The van der Waals surface area contributed by atoms with Crippen LogP contribution in [0.2, 0.25) is 0 Å². The van der Waals surface area contributed by atoms with E-state index in [2.05, 4.69) is 14.9 Å². The van der Waals surface area contributed by atoms with Crippen LogP contribution in [-0.4, -0.2) is 38.5 Å². The zero-order chi connectivity index (χ0) is 14.8. The molecule has 1 aromatic carbocycles. The lowest BCUT2D eigenvalue weighted by atomic mass is 9.87. The van der Waals surface area contributed by atoms with Gasteiger partial charge in [-0.05, 0) is 17.7 Å². The molecular weight excluding hydrogens is 278 g/mol. The predicted molar refractivity (Wildman–Crippen MR) is 62.1 cm³/mol. The summed E-state index contributed by atoms with van der Waals surface area (Å²) in [6, 6.07) is 5.21. The molecule has 0 atom stereocenters. The maximum absolute atomic E-state index is 12.0. The molecule has 6 nitrogen and oxygen atoms in total. The van der Waals surface area contributed by atoms with Crippen molar-refractivity contribution in [3.05, 3.63) is 36.0 Å². The third-order valence-corrected chi connectivity index (χ3v) is 2.30. The van der Waals surface area contributed by atoms with Crippen molar-refractivity contribution in [3.8, 4) is 5.75 Å². The number of benzene rings is 1. The molecule has 0 saturated heterocycles. The Bertz CT molecular complexity index is 571. The Kier molecular flexibility index (Phi) is 3.95. The van der Waals surface area contributed by atoms with Crippen LogP contribution in [0.3, 0.4) is 0 Å². The van der Waals surface area contributed by atoms with E-state index >= 15 is 0 Å². The van der Waals surface area contributed by atoms with E-state index in [9.17, 15) is 13.2 Å². The summed E-state index contributed by atoms with van der Waals surface area (Å²) in [5, 5.41) is 25.3. The summed E-state index contributed by atoms with van der Waals surface area (Å²) in [4.78, 5) is 1.19. The van der Waals surface area contributed by atoms with E-state index in [1.807, 2.05) is 0 Å². The lowest BCUT2D eigenvalue weighted by Gasteiger charge is -2.09. The van der Waals surface area contributed by atoms with Gasteiger partial charge in [-0.3, -0.25) is 0 Å². The summed E-state index contributed by atoms with van der Waals surface area (Å²) in [6.07, 6.45) is -3.54. The molecule has 1 aromatic heterocycles. The Morgan fingerprint density at radius 3 is 2.35 bits per heavy atom. The third-order valence-electron chi connectivity index (χ3n) is 2.30. The van der Waals surface area contributed by atoms with E-state index in [1.165, 1.54) is 35.3 Å². The van der Waals surface area contributed by atoms with Gasteiger partial charge in [0.15, 0.2) is 0 Å². The maximum atomic E-state index is 12.0. The van der Waals surface area contributed by atoms with E-state index in [0.717, 1.165) is 0 Å². The molecule has 10 heteroatoms. The number of halogens is 3. The molecule has 0 spiro atoms. The van der Waals surface area contributed by atoms with Crippen LogP contribution in [0, 0.1) is 0 Å². The lowest BCUT2D eigenvalue weighted by Crippen LogP contribution is -2.31. The molecule has 0 fully saturated rings. The van der Waals surface area contributed by atoms with Gasteiger partial charge in [0.1, 0.15) is 11.3 Å². The zero-order valence-electron chi connectivity index (χ0n) is 9.95. The summed E-state index contributed by atoms with van der Waals surface area (Å²) in [7, 11) is -1.72. The van der Waals surface area contributed by atoms with Crippen molar-refractivity contribution in [1.82, 2.24) is 15.0 Å². The molecule has 2 rings (SSSR count). The second-order valence-corrected chi connectivity index (χ2v) is 3.87. The van der Waals surface area contributed by atoms with E-state index in [4.69, 9.17) is 10.0 Å². The van der Waals surface area contributed by atoms with Crippen molar-refractivity contribution >= 4 is 12.7 Å². The first kappa shape index (κ1) is 14.3. The van der Waals surface area contributed by atoms with E-state index in [0.29, 0.717) is 5.56 Å². The fraction of sp³-hybridized carbons (Fsp3) is 0.200. The van der Waals surface area contributed by atoms with Crippen molar-refractivity contribution in [2.45, 2.75) is 12.9 Å². The number of rotatable bonds is 4. The Morgan fingerprint density at radius 2 is 1.85 bits per heavy atom. The summed E-state index contributed by atoms with van der Waals surface area (Å²) in [5.41, 5.74) is 0.621. The fourth-order valence-corrected chi connectivity index (χ4v) is 1.47. The van der Waals surface area contributed by atoms with Crippen LogP contribution in [0.15, 0.2) is 30.5 Å². The van der Waals surface area contributed by atoms with Crippen LogP contribution in [0.4, 0.5) is 13.2 Å². The second-order valence-electron chi connectivity index (χ2n) is 3.87. The van der Waals surface area contributed by atoms with Crippen LogP contribution in [-0.2, 0) is 6.54 Å². The highest BCUT2D eigenvalue weighted by Crippen LogP contribution is 2.22. The standard InChI is InChI=1S/C10H9BF3N3O3/c12-10(13,14)20-8-3-1-7(2-4-8)6-17-15-5-9(16-17)11(18)19/h1-5,18-19H,6H2. The number of nitrogens with zero attached hydrogens (tertiary/aromatic N) is 3. The van der Waals surface area contributed by atoms with Gasteiger partial charge >= 0.3 is 13.5 Å². The SMILES string of the molecule is OB(O)c1cnn(Cc2ccc(OC(F)(F)F)cc2)n1. The highest BCUT2D eigenvalue weighted by atomic mass is 19.4. The topological polar surface area (TPSA) is 80.4 Å². The van der Waals surface area contributed by atoms with Gasteiger partial charge in [-0.2, -0.15) is 15.0 Å². The maximum Gasteiger partial charge on any atom is 0.573 e. The molecule has 0 saturated carbocycles. The van der Waals surface area contributed by atoms with Gasteiger partial charge in [0.2, 0.25) is 0 Å². The third kappa shape index (κ3) is 3.97. The lowest BCUT2D eigenvalue weighted by molar-refractivity contribution is -0.274. The summed E-state index contributed by atoms with van der Waals surface area (Å²) in [6.45, 7) is 0.180. The molecule has 0 unspecified atom stereocenters. The average Bonchev–Trinajstić information content (AvgIpc) is 2.78. The minimum atomic E-state index is -4.72. The van der Waals surface area contributed by atoms with Gasteiger partial charge in [0.05, 0.1) is 12.7 Å². The number of alkyl halides is 3. The monoisotopic (exact) mass is 287 g/mol. The zero-order valence-corrected chi connectivity index (χ0v) is 9.95. The van der Waals surface area contributed by atoms with E-state index < -0.39 is 13.5 Å². The molecule has 2 aromatic rings. The molecule has 0 amide bonds. The van der Waals surface area contributed by atoms with E-state index in [1.54, 1.807) is 0 Å². The highest BCUT2D eigenvalue weighted by Gasteiger charge is 2.30. The first-order valence-electron chi connectivity index (χ1n) is 5.44. The summed E-state index contributed by atoms with van der Waals surface area (Å²) < 4.78 is 39.7. The Morgan fingerprint density at radius 1 is 1.20 bits per heavy atom. The van der Waals surface area contributed by atoms with Crippen LogP contribution in [0.5, 0.6) is 5.75 Å². The molecule has 0 aliphatic heterocycles. The summed E-state index contributed by atoms with van der Waals surface area (Å²) >= 11 is 0. The Hall–Kier alpha value is -2.07. The molecule has 0 bridgehead atoms. The van der Waals surface area contributed by atoms with Gasteiger partial charge in [0.25, 0.3) is 0 Å². The van der Waals surface area contributed by atoms with E-state index in [-0.39, 0.29) is 17.9 Å². The van der Waals surface area contributed by atoms with Crippen molar-refractivity contribution in [1.29, 1.82) is 0 Å². The van der Waals surface area contributed by atoms with Crippen LogP contribution in [0.1, 0.15) is 5.56 Å². The normalized spacial score (nSPS) is 11.4. The quantitative estimate of drug-likeness (QED) is 0.768. The summed E-state index contributed by atoms with van der Waals surface area (Å²) in [5.74, 6) is -0.318. The average molecular weight is 287 g/mol. The molecule has 2 N–H and O–H groups in total. The van der Waals surface area contributed by atoms with Gasteiger partial charge in [-0.25, -0.2) is 0 Å². The minimum absolute atomic E-state index is 0.0120. The van der Waals surface area contributed by atoms with Crippen LogP contribution in [0.25, 0.3) is 0 Å². The molecule has 0 aliphatic rings. The Labute approximate surface area is 111 Å². The largest absolute Gasteiger partial charge is 0.573 e. The molecule has 106 valence electrons. The van der Waals surface area contributed by atoms with Crippen molar-refractivity contribution in [2.24, 2.45) is 0 Å². The number of hydrogen-bond acceptors (Lipinski definition) is 5. The number of aromatic nitrogens is 3. The van der Waals surface area contributed by atoms with Crippen molar-refractivity contribution in [3.63, 3.8) is 0 Å². The van der Waals surface area contributed by atoms with Gasteiger partial charge < -0.3 is 14.8 Å². The van der Waals surface area contributed by atoms with Crippen LogP contribution >= 0.6 is 0 Å². The predicted octanol–water partition coefficient (Wildman–Crippen LogP) is -0.0952. The smallest absolute Gasteiger partial charge is 0.422 e. The molecule has 0 radical (unpaired) electrons.